The van der Waals surface area contributed by atoms with Crippen molar-refractivity contribution in [3.63, 3.8) is 0 Å². The molecule has 0 unspecified atom stereocenters. The molecule has 3 saturated heterocycles. The first-order valence-corrected chi connectivity index (χ1v) is 21.2. The van der Waals surface area contributed by atoms with Crippen LogP contribution in [0.3, 0.4) is 0 Å². The number of ether oxygens (including phenoxy) is 5. The van der Waals surface area contributed by atoms with Crippen molar-refractivity contribution in [1.29, 1.82) is 0 Å². The van der Waals surface area contributed by atoms with Crippen molar-refractivity contribution in [2.45, 2.75) is 129 Å². The Labute approximate surface area is 362 Å². The number of benzene rings is 1. The second-order valence-electron chi connectivity index (χ2n) is 17.2. The molecule has 0 bridgehead atoms. The SMILES string of the molecule is CC[C@H]1OC(=O)[C@H](C)C(=O)[C@H](C)[C@@H](O[C@@H]2O[C@H](C)C[C@H](N(C)C)[C@H]2O)[C@](C)(OC(=O)NC/C(F)=C/c2ccc(-c3ncccn3)cc2)C[C@@H](C)C(=O)[C@H](C)[C@H]2NC(=S)O[C@@]21C. The van der Waals surface area contributed by atoms with Crippen molar-refractivity contribution in [2.75, 3.05) is 20.6 Å². The van der Waals surface area contributed by atoms with E-state index in [1.54, 1.807) is 70.4 Å². The van der Waals surface area contributed by atoms with Crippen molar-refractivity contribution >= 4 is 47.1 Å². The highest BCUT2D eigenvalue weighted by atomic mass is 32.1. The second-order valence-corrected chi connectivity index (χ2v) is 17.6. The lowest BCUT2D eigenvalue weighted by molar-refractivity contribution is -0.292. The smallest absolute Gasteiger partial charge is 0.408 e. The Kier molecular flexibility index (Phi) is 15.4. The van der Waals surface area contributed by atoms with Crippen LogP contribution in [0.2, 0.25) is 0 Å². The highest BCUT2D eigenvalue weighted by Gasteiger charge is 2.57. The molecule has 1 aromatic heterocycles. The zero-order valence-corrected chi connectivity index (χ0v) is 37.4. The molecule has 0 radical (unpaired) electrons. The number of halogens is 1. The van der Waals surface area contributed by atoms with Gasteiger partial charge in [-0.2, -0.15) is 0 Å². The van der Waals surface area contributed by atoms with Gasteiger partial charge < -0.3 is 44.3 Å². The lowest BCUT2D eigenvalue weighted by Gasteiger charge is -2.47. The van der Waals surface area contributed by atoms with Crippen LogP contribution < -0.4 is 10.6 Å². The number of hydrogen-bond donors (Lipinski definition) is 3. The van der Waals surface area contributed by atoms with E-state index >= 15 is 4.39 Å². The third-order valence-electron chi connectivity index (χ3n) is 12.2. The molecular weight excluding hydrogens is 810 g/mol. The third kappa shape index (κ3) is 10.8. The highest BCUT2D eigenvalue weighted by molar-refractivity contribution is 7.80. The van der Waals surface area contributed by atoms with E-state index in [4.69, 9.17) is 35.9 Å². The summed E-state index contributed by atoms with van der Waals surface area (Å²) in [4.78, 5) is 66.9. The van der Waals surface area contributed by atoms with Crippen LogP contribution >= 0.6 is 12.2 Å². The van der Waals surface area contributed by atoms with Crippen molar-refractivity contribution in [3.05, 3.63) is 54.1 Å². The number of rotatable bonds is 9. The van der Waals surface area contributed by atoms with Crippen LogP contribution in [0, 0.1) is 23.7 Å². The number of Topliss-reactive ketones (excluding diaryl/α,β-unsaturated/α-hetero) is 2. The average Bonchev–Trinajstić information content (AvgIpc) is 3.54. The number of amides is 1. The van der Waals surface area contributed by atoms with E-state index in [0.717, 1.165) is 5.56 Å². The first-order valence-electron chi connectivity index (χ1n) is 20.8. The molecule has 3 N–H and O–H groups in total. The number of aromatic nitrogens is 2. The van der Waals surface area contributed by atoms with E-state index in [1.807, 2.05) is 25.9 Å². The summed E-state index contributed by atoms with van der Waals surface area (Å²) in [7, 11) is 3.62. The Balaban J connectivity index is 1.50. The number of cyclic esters (lactones) is 1. The summed E-state index contributed by atoms with van der Waals surface area (Å²) in [6.45, 7) is 12.6. The van der Waals surface area contributed by atoms with Gasteiger partial charge in [-0.05, 0) is 91.0 Å². The standard InChI is InChI=1S/C44H60FN5O10S/c1-11-32-44(8)36(49-42(61)60-44)25(4)33(51)23(2)21-43(7,59-41(55)48-22-30(45)20-28-13-15-29(16-14-28)38-46-17-12-18-47-38)37(26(5)34(52)27(6)39(54)57-32)58-40-35(53)31(50(9)10)19-24(3)56-40/h12-18,20,23-27,31-32,35-37,40,53H,11,19,21-22H2,1-10H3,(H,48,55)(H,49,61)/b30-20-/t23-,24-,25+,26+,27-,31+,32-,35-,36-,37-,40+,43-,44-/m1/s1. The fourth-order valence-electron chi connectivity index (χ4n) is 8.90. The number of thiocarbonyl (C=S) groups is 1. The molecule has 3 aliphatic rings. The maximum absolute atomic E-state index is 15.4. The van der Waals surface area contributed by atoms with Gasteiger partial charge in [-0.25, -0.2) is 19.2 Å². The summed E-state index contributed by atoms with van der Waals surface area (Å²) >= 11 is 5.40. The van der Waals surface area contributed by atoms with Crippen molar-refractivity contribution in [1.82, 2.24) is 25.5 Å². The Morgan fingerprint density at radius 1 is 1.07 bits per heavy atom. The van der Waals surface area contributed by atoms with E-state index in [9.17, 15) is 24.3 Å². The lowest BCUT2D eigenvalue weighted by Crippen LogP contribution is -2.60. The fourth-order valence-corrected chi connectivity index (χ4v) is 9.20. The van der Waals surface area contributed by atoms with E-state index < -0.39 is 102 Å². The molecule has 15 nitrogen and oxygen atoms in total. The second kappa shape index (κ2) is 19.7. The number of hydrogen-bond acceptors (Lipinski definition) is 14. The van der Waals surface area contributed by atoms with Gasteiger partial charge in [0.2, 0.25) is 0 Å². The van der Waals surface area contributed by atoms with Crippen LogP contribution in [0.15, 0.2) is 48.6 Å². The van der Waals surface area contributed by atoms with E-state index in [0.29, 0.717) is 17.8 Å². The third-order valence-corrected chi connectivity index (χ3v) is 12.4. The molecule has 17 heteroatoms. The molecule has 13 atom stereocenters. The minimum atomic E-state index is -1.83. The van der Waals surface area contributed by atoms with Gasteiger partial charge in [0.1, 0.15) is 41.4 Å². The van der Waals surface area contributed by atoms with Crippen LogP contribution in [0.1, 0.15) is 80.2 Å². The minimum Gasteiger partial charge on any atom is -0.459 e. The summed E-state index contributed by atoms with van der Waals surface area (Å²) in [5.41, 5.74) is -1.86. The lowest BCUT2D eigenvalue weighted by atomic mass is 9.73. The average molecular weight is 870 g/mol. The minimum absolute atomic E-state index is 0.0334. The van der Waals surface area contributed by atoms with Gasteiger partial charge in [0.25, 0.3) is 5.17 Å². The highest BCUT2D eigenvalue weighted by Crippen LogP contribution is 2.40. The predicted molar refractivity (Wildman–Crippen MR) is 227 cm³/mol. The number of ketones is 2. The summed E-state index contributed by atoms with van der Waals surface area (Å²) in [6, 6.07) is 7.42. The number of alkyl carbamates (subject to hydrolysis) is 1. The van der Waals surface area contributed by atoms with Crippen molar-refractivity contribution < 1.29 is 52.4 Å². The number of esters is 1. The van der Waals surface area contributed by atoms with E-state index in [2.05, 4.69) is 20.6 Å². The maximum atomic E-state index is 15.4. The Morgan fingerprint density at radius 3 is 2.34 bits per heavy atom. The molecule has 1 aromatic carbocycles. The topological polar surface area (TPSA) is 188 Å². The Morgan fingerprint density at radius 2 is 1.72 bits per heavy atom. The molecule has 3 fully saturated rings. The number of nitrogens with one attached hydrogen (secondary N) is 2. The summed E-state index contributed by atoms with van der Waals surface area (Å²) < 4.78 is 46.4. The van der Waals surface area contributed by atoms with Gasteiger partial charge in [-0.15, -0.1) is 0 Å². The number of carbonyl (C=O) groups excluding carboxylic acids is 4. The zero-order chi connectivity index (χ0) is 45.0. The number of aliphatic hydroxyl groups is 1. The fraction of sp³-hybridized carbons (Fsp3) is 0.614. The molecule has 0 spiro atoms. The number of nitrogens with zero attached hydrogens (tertiary/aromatic N) is 3. The van der Waals surface area contributed by atoms with Crippen LogP contribution in [0.5, 0.6) is 0 Å². The van der Waals surface area contributed by atoms with E-state index in [1.165, 1.54) is 26.8 Å². The molecule has 1 amide bonds. The van der Waals surface area contributed by atoms with Gasteiger partial charge in [-0.1, -0.05) is 52.0 Å². The molecule has 2 aromatic rings. The summed E-state index contributed by atoms with van der Waals surface area (Å²) in [5.74, 6) is -6.09. The molecular formula is C44H60FN5O10S. The van der Waals surface area contributed by atoms with Crippen molar-refractivity contribution in [2.24, 2.45) is 23.7 Å². The molecule has 0 saturated carbocycles. The van der Waals surface area contributed by atoms with Gasteiger partial charge in [0.15, 0.2) is 23.5 Å². The van der Waals surface area contributed by atoms with Crippen LogP contribution in [-0.4, -0.2) is 123 Å². The normalized spacial score (nSPS) is 35.4. The van der Waals surface area contributed by atoms with Gasteiger partial charge in [0, 0.05) is 41.8 Å². The molecule has 3 aliphatic heterocycles. The molecule has 4 heterocycles. The predicted octanol–water partition coefficient (Wildman–Crippen LogP) is 5.19. The monoisotopic (exact) mass is 869 g/mol. The van der Waals surface area contributed by atoms with Crippen LogP contribution in [0.4, 0.5) is 9.18 Å². The molecule has 61 heavy (non-hydrogen) atoms. The van der Waals surface area contributed by atoms with E-state index in [-0.39, 0.29) is 29.9 Å². The zero-order valence-electron chi connectivity index (χ0n) is 36.5. The number of fused-ring (bicyclic) bond motifs is 1. The van der Waals surface area contributed by atoms with Gasteiger partial charge in [0.05, 0.1) is 18.7 Å². The number of carbonyl (C=O) groups is 4. The molecule has 334 valence electrons. The first kappa shape index (κ1) is 47.6. The maximum Gasteiger partial charge on any atom is 0.408 e. The molecule has 0 aliphatic carbocycles. The number of likely N-dealkylation sites (N-methyl/N-ethyl adjacent to an activating group) is 1. The number of aliphatic hydroxyl groups excluding tert-OH is 1. The van der Waals surface area contributed by atoms with Crippen LogP contribution in [-0.2, 0) is 38.1 Å². The van der Waals surface area contributed by atoms with Crippen LogP contribution in [0.25, 0.3) is 17.5 Å². The van der Waals surface area contributed by atoms with Gasteiger partial charge in [-0.3, -0.25) is 14.4 Å². The van der Waals surface area contributed by atoms with Crippen molar-refractivity contribution in [3.8, 4) is 11.4 Å². The summed E-state index contributed by atoms with van der Waals surface area (Å²) in [5, 5.41) is 17.2. The largest absolute Gasteiger partial charge is 0.459 e. The quantitative estimate of drug-likeness (QED) is 0.170. The first-order chi connectivity index (χ1) is 28.7. The molecule has 5 rings (SSSR count). The van der Waals surface area contributed by atoms with Gasteiger partial charge >= 0.3 is 12.1 Å². The Bertz CT molecular complexity index is 1940. The Hall–Kier alpha value is -4.42. The summed E-state index contributed by atoms with van der Waals surface area (Å²) in [6.07, 6.45) is -1.24.